The minimum absolute atomic E-state index is 0.0915. The van der Waals surface area contributed by atoms with Crippen LogP contribution in [0.5, 0.6) is 0 Å². The first kappa shape index (κ1) is 14.2. The van der Waals surface area contributed by atoms with Crippen LogP contribution < -0.4 is 5.32 Å². The SMILES string of the molecule is CCCNC(CSC1COC1)(C(=O)OC)C1CC1. The Kier molecular flexibility index (Phi) is 4.92. The maximum absolute atomic E-state index is 12.2. The van der Waals surface area contributed by atoms with E-state index in [1.54, 1.807) is 0 Å². The number of carbonyl (C=O) groups is 1. The topological polar surface area (TPSA) is 47.6 Å². The fourth-order valence-corrected chi connectivity index (χ4v) is 3.62. The van der Waals surface area contributed by atoms with E-state index in [2.05, 4.69) is 12.2 Å². The van der Waals surface area contributed by atoms with Crippen LogP contribution in [0.15, 0.2) is 0 Å². The molecule has 1 heterocycles. The number of nitrogens with one attached hydrogen (secondary N) is 1. The Morgan fingerprint density at radius 1 is 1.50 bits per heavy atom. The molecule has 1 atom stereocenters. The fraction of sp³-hybridized carbons (Fsp3) is 0.923. The first-order chi connectivity index (χ1) is 8.73. The van der Waals surface area contributed by atoms with Crippen molar-refractivity contribution < 1.29 is 14.3 Å². The Hall–Kier alpha value is -0.260. The van der Waals surface area contributed by atoms with E-state index in [-0.39, 0.29) is 5.97 Å². The van der Waals surface area contributed by atoms with Gasteiger partial charge in [-0.1, -0.05) is 6.92 Å². The monoisotopic (exact) mass is 273 g/mol. The third kappa shape index (κ3) is 3.00. The molecule has 2 fully saturated rings. The van der Waals surface area contributed by atoms with E-state index in [0.29, 0.717) is 11.2 Å². The predicted molar refractivity (Wildman–Crippen MR) is 72.8 cm³/mol. The van der Waals surface area contributed by atoms with Crippen LogP contribution in [0.25, 0.3) is 0 Å². The van der Waals surface area contributed by atoms with Gasteiger partial charge in [0.05, 0.1) is 25.6 Å². The van der Waals surface area contributed by atoms with Crippen molar-refractivity contribution in [1.29, 1.82) is 0 Å². The zero-order chi connectivity index (χ0) is 13.0. The standard InChI is InChI=1S/C13H23NO3S/c1-3-6-14-13(10-4-5-10,12(15)16-2)9-18-11-7-17-8-11/h10-11,14H,3-9H2,1-2H3. The van der Waals surface area contributed by atoms with E-state index < -0.39 is 5.54 Å². The second-order valence-electron chi connectivity index (χ2n) is 5.13. The van der Waals surface area contributed by atoms with Gasteiger partial charge >= 0.3 is 5.97 Å². The van der Waals surface area contributed by atoms with Gasteiger partial charge in [0.25, 0.3) is 0 Å². The van der Waals surface area contributed by atoms with Gasteiger partial charge in [0.1, 0.15) is 5.54 Å². The van der Waals surface area contributed by atoms with E-state index in [1.807, 2.05) is 11.8 Å². The molecule has 1 aliphatic heterocycles. The molecular weight excluding hydrogens is 250 g/mol. The van der Waals surface area contributed by atoms with Gasteiger partial charge in [-0.3, -0.25) is 4.79 Å². The molecule has 0 aromatic rings. The number of esters is 1. The summed E-state index contributed by atoms with van der Waals surface area (Å²) in [4.78, 5) is 12.2. The number of methoxy groups -OCH3 is 1. The number of hydrogen-bond donors (Lipinski definition) is 1. The molecular formula is C13H23NO3S. The first-order valence-electron chi connectivity index (χ1n) is 6.75. The van der Waals surface area contributed by atoms with Gasteiger partial charge in [0.15, 0.2) is 0 Å². The molecule has 1 saturated carbocycles. The molecule has 0 aromatic carbocycles. The lowest BCUT2D eigenvalue weighted by Crippen LogP contribution is -2.57. The smallest absolute Gasteiger partial charge is 0.327 e. The molecule has 4 nitrogen and oxygen atoms in total. The van der Waals surface area contributed by atoms with Gasteiger partial charge in [0.2, 0.25) is 0 Å². The summed E-state index contributed by atoms with van der Waals surface area (Å²) in [5.41, 5.74) is -0.467. The van der Waals surface area contributed by atoms with Crippen LogP contribution in [-0.4, -0.2) is 49.4 Å². The molecule has 18 heavy (non-hydrogen) atoms. The second kappa shape index (κ2) is 6.26. The van der Waals surface area contributed by atoms with Gasteiger partial charge < -0.3 is 14.8 Å². The van der Waals surface area contributed by atoms with Crippen molar-refractivity contribution in [3.8, 4) is 0 Å². The predicted octanol–water partition coefficient (Wildman–Crippen LogP) is 1.44. The van der Waals surface area contributed by atoms with Crippen molar-refractivity contribution in [3.05, 3.63) is 0 Å². The normalized spacial score (nSPS) is 23.2. The van der Waals surface area contributed by atoms with Crippen LogP contribution in [0.4, 0.5) is 0 Å². The molecule has 1 saturated heterocycles. The van der Waals surface area contributed by atoms with Crippen LogP contribution in [0.3, 0.4) is 0 Å². The first-order valence-corrected chi connectivity index (χ1v) is 7.80. The average molecular weight is 273 g/mol. The molecule has 5 heteroatoms. The highest BCUT2D eigenvalue weighted by Gasteiger charge is 2.51. The summed E-state index contributed by atoms with van der Waals surface area (Å²) in [5.74, 6) is 1.16. The highest BCUT2D eigenvalue weighted by molar-refractivity contribution is 8.00. The molecule has 0 radical (unpaired) electrons. The van der Waals surface area contributed by atoms with Crippen molar-refractivity contribution in [2.45, 2.75) is 37.0 Å². The third-order valence-corrected chi connectivity index (χ3v) is 5.03. The third-order valence-electron chi connectivity index (χ3n) is 3.67. The van der Waals surface area contributed by atoms with E-state index in [1.165, 1.54) is 7.11 Å². The highest BCUT2D eigenvalue weighted by Crippen LogP contribution is 2.43. The van der Waals surface area contributed by atoms with Crippen LogP contribution in [0.1, 0.15) is 26.2 Å². The van der Waals surface area contributed by atoms with Crippen molar-refractivity contribution in [1.82, 2.24) is 5.32 Å². The van der Waals surface area contributed by atoms with Gasteiger partial charge in [-0.2, -0.15) is 11.8 Å². The van der Waals surface area contributed by atoms with Crippen molar-refractivity contribution in [3.63, 3.8) is 0 Å². The Balaban J connectivity index is 1.99. The van der Waals surface area contributed by atoms with Crippen molar-refractivity contribution >= 4 is 17.7 Å². The highest BCUT2D eigenvalue weighted by atomic mass is 32.2. The summed E-state index contributed by atoms with van der Waals surface area (Å²) in [5, 5.41) is 4.01. The maximum Gasteiger partial charge on any atom is 0.327 e. The fourth-order valence-electron chi connectivity index (χ4n) is 2.28. The summed E-state index contributed by atoms with van der Waals surface area (Å²) < 4.78 is 10.2. The number of thioether (sulfide) groups is 1. The molecule has 2 aliphatic rings. The van der Waals surface area contributed by atoms with Crippen LogP contribution in [0, 0.1) is 5.92 Å². The van der Waals surface area contributed by atoms with Gasteiger partial charge in [-0.25, -0.2) is 0 Å². The summed E-state index contributed by atoms with van der Waals surface area (Å²) in [6.07, 6.45) is 3.30. The molecule has 0 aromatic heterocycles. The Labute approximate surface area is 113 Å². The minimum Gasteiger partial charge on any atom is -0.468 e. The molecule has 1 N–H and O–H groups in total. The molecule has 0 bridgehead atoms. The number of ether oxygens (including phenoxy) is 2. The average Bonchev–Trinajstić information content (AvgIpc) is 3.15. The lowest BCUT2D eigenvalue weighted by atomic mass is 9.95. The molecule has 2 rings (SSSR count). The lowest BCUT2D eigenvalue weighted by Gasteiger charge is -2.35. The quantitative estimate of drug-likeness (QED) is 0.678. The minimum atomic E-state index is -0.467. The summed E-state index contributed by atoms with van der Waals surface area (Å²) >= 11 is 1.84. The van der Waals surface area contributed by atoms with Crippen molar-refractivity contribution in [2.24, 2.45) is 5.92 Å². The number of carbonyl (C=O) groups excluding carboxylic acids is 1. The van der Waals surface area contributed by atoms with Gasteiger partial charge in [0, 0.05) is 5.75 Å². The van der Waals surface area contributed by atoms with E-state index in [4.69, 9.17) is 9.47 Å². The van der Waals surface area contributed by atoms with E-state index in [9.17, 15) is 4.79 Å². The number of rotatable bonds is 8. The molecule has 1 aliphatic carbocycles. The van der Waals surface area contributed by atoms with Crippen molar-refractivity contribution in [2.75, 3.05) is 32.6 Å². The zero-order valence-electron chi connectivity index (χ0n) is 11.2. The zero-order valence-corrected chi connectivity index (χ0v) is 12.1. The largest absolute Gasteiger partial charge is 0.468 e. The summed E-state index contributed by atoms with van der Waals surface area (Å²) in [6, 6.07) is 0. The Bertz CT molecular complexity index is 292. The lowest BCUT2D eigenvalue weighted by molar-refractivity contribution is -0.148. The molecule has 1 unspecified atom stereocenters. The Morgan fingerprint density at radius 2 is 2.22 bits per heavy atom. The summed E-state index contributed by atoms with van der Waals surface area (Å²) in [6.45, 7) is 4.63. The molecule has 0 amide bonds. The molecule has 104 valence electrons. The Morgan fingerprint density at radius 3 is 2.67 bits per heavy atom. The second-order valence-corrected chi connectivity index (χ2v) is 6.42. The van der Waals surface area contributed by atoms with Crippen LogP contribution >= 0.6 is 11.8 Å². The summed E-state index contributed by atoms with van der Waals surface area (Å²) in [7, 11) is 1.49. The van der Waals surface area contributed by atoms with Crippen LogP contribution in [0.2, 0.25) is 0 Å². The van der Waals surface area contributed by atoms with Gasteiger partial charge in [-0.15, -0.1) is 0 Å². The van der Waals surface area contributed by atoms with Gasteiger partial charge in [-0.05, 0) is 31.7 Å². The number of hydrogen-bond acceptors (Lipinski definition) is 5. The van der Waals surface area contributed by atoms with Crippen LogP contribution in [-0.2, 0) is 14.3 Å². The molecule has 0 spiro atoms. The van der Waals surface area contributed by atoms with E-state index in [0.717, 1.165) is 44.8 Å². The maximum atomic E-state index is 12.2. The van der Waals surface area contributed by atoms with E-state index >= 15 is 0 Å².